The molecule has 2 rings (SSSR count). The van der Waals surface area contributed by atoms with Gasteiger partial charge in [-0.15, -0.1) is 11.8 Å². The molecule has 0 amide bonds. The number of nitrogens with zero attached hydrogens (tertiary/aromatic N) is 1. The van der Waals surface area contributed by atoms with Crippen molar-refractivity contribution in [2.75, 3.05) is 5.75 Å². The number of aromatic nitrogens is 1. The minimum absolute atomic E-state index is 0.491. The zero-order valence-corrected chi connectivity index (χ0v) is 11.2. The van der Waals surface area contributed by atoms with Crippen LogP contribution in [0.1, 0.15) is 37.7 Å². The summed E-state index contributed by atoms with van der Waals surface area (Å²) in [6, 6.07) is 2.39. The van der Waals surface area contributed by atoms with Gasteiger partial charge in [-0.3, -0.25) is 0 Å². The molecular formula is C13H16F3NOS. The first-order valence-corrected chi connectivity index (χ1v) is 7.26. The predicted octanol–water partition coefficient (Wildman–Crippen LogP) is 3.89. The number of aliphatic hydroxyl groups is 1. The molecule has 0 spiro atoms. The fourth-order valence-corrected chi connectivity index (χ4v) is 3.19. The van der Waals surface area contributed by atoms with Gasteiger partial charge in [0.05, 0.1) is 16.2 Å². The highest BCUT2D eigenvalue weighted by atomic mass is 32.2. The summed E-state index contributed by atoms with van der Waals surface area (Å²) in [7, 11) is 0. The number of hydrogen-bond acceptors (Lipinski definition) is 3. The molecule has 1 fully saturated rings. The molecule has 1 N–H and O–H groups in total. The van der Waals surface area contributed by atoms with Crippen LogP contribution in [0.2, 0.25) is 0 Å². The van der Waals surface area contributed by atoms with Gasteiger partial charge in [-0.25, -0.2) is 4.98 Å². The molecule has 1 saturated carbocycles. The third-order valence-electron chi connectivity index (χ3n) is 3.34. The molecule has 0 aromatic carbocycles. The van der Waals surface area contributed by atoms with Crippen molar-refractivity contribution < 1.29 is 18.3 Å². The monoisotopic (exact) mass is 291 g/mol. The number of halogens is 3. The molecule has 0 unspecified atom stereocenters. The van der Waals surface area contributed by atoms with E-state index in [4.69, 9.17) is 0 Å². The van der Waals surface area contributed by atoms with Crippen molar-refractivity contribution in [2.45, 2.75) is 48.9 Å². The Bertz CT molecular complexity index is 413. The third-order valence-corrected chi connectivity index (χ3v) is 4.56. The Morgan fingerprint density at radius 1 is 1.21 bits per heavy atom. The summed E-state index contributed by atoms with van der Waals surface area (Å²) < 4.78 is 37.1. The molecular weight excluding hydrogens is 275 g/mol. The van der Waals surface area contributed by atoms with Gasteiger partial charge in [0.15, 0.2) is 0 Å². The second-order valence-electron chi connectivity index (χ2n) is 4.96. The van der Waals surface area contributed by atoms with Gasteiger partial charge < -0.3 is 5.11 Å². The van der Waals surface area contributed by atoms with E-state index in [2.05, 4.69) is 4.98 Å². The maximum absolute atomic E-state index is 12.4. The average molecular weight is 291 g/mol. The Hall–Kier alpha value is -0.750. The molecule has 0 atom stereocenters. The molecule has 0 saturated heterocycles. The lowest BCUT2D eigenvalue weighted by Gasteiger charge is -2.31. The van der Waals surface area contributed by atoms with Crippen molar-refractivity contribution >= 4 is 11.8 Å². The molecule has 106 valence electrons. The largest absolute Gasteiger partial charge is 0.417 e. The van der Waals surface area contributed by atoms with E-state index in [1.165, 1.54) is 17.8 Å². The SMILES string of the molecule is OC1(CSc2ccc(C(F)(F)F)cn2)CCCCC1. The summed E-state index contributed by atoms with van der Waals surface area (Å²) in [6.07, 6.45) is 1.19. The average Bonchev–Trinajstić information content (AvgIpc) is 2.37. The van der Waals surface area contributed by atoms with E-state index in [1.54, 1.807) is 0 Å². The maximum atomic E-state index is 12.4. The Balaban J connectivity index is 1.93. The van der Waals surface area contributed by atoms with Crippen LogP contribution in [0.4, 0.5) is 13.2 Å². The summed E-state index contributed by atoms with van der Waals surface area (Å²) >= 11 is 1.32. The normalized spacial score (nSPS) is 19.4. The number of hydrogen-bond donors (Lipinski definition) is 1. The standard InChI is InChI=1S/C13H16F3NOS/c14-13(15,16)10-4-5-11(17-8-10)19-9-12(18)6-2-1-3-7-12/h4-5,8,18H,1-3,6-7,9H2. The summed E-state index contributed by atoms with van der Waals surface area (Å²) in [6.45, 7) is 0. The van der Waals surface area contributed by atoms with Gasteiger partial charge in [0.25, 0.3) is 0 Å². The molecule has 1 aromatic rings. The Kier molecular flexibility index (Phi) is 4.40. The summed E-state index contributed by atoms with van der Waals surface area (Å²) in [5.74, 6) is 0.491. The molecule has 19 heavy (non-hydrogen) atoms. The number of thioether (sulfide) groups is 1. The van der Waals surface area contributed by atoms with E-state index in [0.29, 0.717) is 10.8 Å². The highest BCUT2D eigenvalue weighted by molar-refractivity contribution is 7.99. The molecule has 2 nitrogen and oxygen atoms in total. The Morgan fingerprint density at radius 2 is 1.89 bits per heavy atom. The Labute approximate surface area is 114 Å². The van der Waals surface area contributed by atoms with Crippen molar-refractivity contribution in [1.82, 2.24) is 4.98 Å². The second kappa shape index (κ2) is 5.71. The maximum Gasteiger partial charge on any atom is 0.417 e. The van der Waals surface area contributed by atoms with E-state index in [-0.39, 0.29) is 0 Å². The molecule has 0 bridgehead atoms. The summed E-state index contributed by atoms with van der Waals surface area (Å²) in [4.78, 5) is 3.79. The zero-order chi connectivity index (χ0) is 13.9. The van der Waals surface area contributed by atoms with Gasteiger partial charge in [0.2, 0.25) is 0 Å². The fourth-order valence-electron chi connectivity index (χ4n) is 2.20. The van der Waals surface area contributed by atoms with Crippen molar-refractivity contribution in [3.05, 3.63) is 23.9 Å². The van der Waals surface area contributed by atoms with E-state index >= 15 is 0 Å². The Morgan fingerprint density at radius 3 is 2.42 bits per heavy atom. The van der Waals surface area contributed by atoms with Crippen LogP contribution in [0, 0.1) is 0 Å². The third kappa shape index (κ3) is 4.11. The van der Waals surface area contributed by atoms with Crippen LogP contribution in [0.15, 0.2) is 23.4 Å². The topological polar surface area (TPSA) is 33.1 Å². The summed E-state index contributed by atoms with van der Waals surface area (Å²) in [5, 5.41) is 10.8. The van der Waals surface area contributed by atoms with Gasteiger partial charge in [0, 0.05) is 11.9 Å². The second-order valence-corrected chi connectivity index (χ2v) is 5.95. The van der Waals surface area contributed by atoms with Gasteiger partial charge in [0.1, 0.15) is 0 Å². The van der Waals surface area contributed by atoms with Gasteiger partial charge in [-0.05, 0) is 25.0 Å². The highest BCUT2D eigenvalue weighted by Gasteiger charge is 2.31. The lowest BCUT2D eigenvalue weighted by Crippen LogP contribution is -2.34. The number of alkyl halides is 3. The number of pyridine rings is 1. The lowest BCUT2D eigenvalue weighted by atomic mass is 9.86. The van der Waals surface area contributed by atoms with Crippen LogP contribution >= 0.6 is 11.8 Å². The molecule has 1 aliphatic carbocycles. The molecule has 1 aliphatic rings. The predicted molar refractivity (Wildman–Crippen MR) is 68.0 cm³/mol. The van der Waals surface area contributed by atoms with E-state index < -0.39 is 17.3 Å². The zero-order valence-electron chi connectivity index (χ0n) is 10.4. The summed E-state index contributed by atoms with van der Waals surface area (Å²) in [5.41, 5.74) is -1.43. The minimum atomic E-state index is -4.35. The van der Waals surface area contributed by atoms with Crippen LogP contribution in [0.25, 0.3) is 0 Å². The van der Waals surface area contributed by atoms with E-state index in [1.807, 2.05) is 0 Å². The van der Waals surface area contributed by atoms with Crippen LogP contribution in [0.3, 0.4) is 0 Å². The molecule has 0 radical (unpaired) electrons. The van der Waals surface area contributed by atoms with Crippen molar-refractivity contribution in [3.63, 3.8) is 0 Å². The molecule has 0 aliphatic heterocycles. The quantitative estimate of drug-likeness (QED) is 0.858. The van der Waals surface area contributed by atoms with Gasteiger partial charge in [-0.2, -0.15) is 13.2 Å². The molecule has 1 aromatic heterocycles. The number of rotatable bonds is 3. The first-order valence-electron chi connectivity index (χ1n) is 6.28. The van der Waals surface area contributed by atoms with Crippen molar-refractivity contribution in [1.29, 1.82) is 0 Å². The molecule has 6 heteroatoms. The van der Waals surface area contributed by atoms with Gasteiger partial charge >= 0.3 is 6.18 Å². The highest BCUT2D eigenvalue weighted by Crippen LogP contribution is 2.34. The van der Waals surface area contributed by atoms with E-state index in [0.717, 1.165) is 44.4 Å². The first kappa shape index (κ1) is 14.7. The van der Waals surface area contributed by atoms with Crippen LogP contribution in [0.5, 0.6) is 0 Å². The lowest BCUT2D eigenvalue weighted by molar-refractivity contribution is -0.137. The first-order chi connectivity index (χ1) is 8.89. The minimum Gasteiger partial charge on any atom is -0.389 e. The van der Waals surface area contributed by atoms with E-state index in [9.17, 15) is 18.3 Å². The van der Waals surface area contributed by atoms with Crippen molar-refractivity contribution in [2.24, 2.45) is 0 Å². The van der Waals surface area contributed by atoms with Crippen LogP contribution in [-0.2, 0) is 6.18 Å². The van der Waals surface area contributed by atoms with Crippen LogP contribution in [-0.4, -0.2) is 21.4 Å². The fraction of sp³-hybridized carbons (Fsp3) is 0.615. The van der Waals surface area contributed by atoms with Crippen LogP contribution < -0.4 is 0 Å². The van der Waals surface area contributed by atoms with Crippen molar-refractivity contribution in [3.8, 4) is 0 Å². The molecule has 1 heterocycles. The smallest absolute Gasteiger partial charge is 0.389 e. The van der Waals surface area contributed by atoms with Gasteiger partial charge in [-0.1, -0.05) is 19.3 Å².